The van der Waals surface area contributed by atoms with Crippen molar-refractivity contribution in [2.45, 2.75) is 12.0 Å². The fourth-order valence-electron chi connectivity index (χ4n) is 2.24. The number of benzene rings is 2. The second-order valence-electron chi connectivity index (χ2n) is 4.22. The van der Waals surface area contributed by atoms with Crippen molar-refractivity contribution in [3.63, 3.8) is 0 Å². The van der Waals surface area contributed by atoms with Gasteiger partial charge < -0.3 is 5.11 Å². The largest absolute Gasteiger partial charge is 0.387 e. The van der Waals surface area contributed by atoms with E-state index < -0.39 is 6.10 Å². The maximum Gasteiger partial charge on any atom is 0.0909 e. The Labute approximate surface area is 100 Å². The molecule has 0 fully saturated rings. The fourth-order valence-corrected chi connectivity index (χ4v) is 2.24. The van der Waals surface area contributed by atoms with E-state index in [-0.39, 0.29) is 5.92 Å². The van der Waals surface area contributed by atoms with Crippen LogP contribution >= 0.6 is 0 Å². The molecule has 2 aromatic carbocycles. The van der Waals surface area contributed by atoms with Crippen molar-refractivity contribution in [3.8, 4) is 0 Å². The van der Waals surface area contributed by atoms with E-state index in [4.69, 9.17) is 0 Å². The summed E-state index contributed by atoms with van der Waals surface area (Å²) in [6.07, 6.45) is 1.31. The third-order valence-electron chi connectivity index (χ3n) is 3.15. The molecule has 3 rings (SSSR count). The van der Waals surface area contributed by atoms with Crippen LogP contribution in [0.25, 0.3) is 0 Å². The number of para-hydroxylation sites is 1. The van der Waals surface area contributed by atoms with E-state index in [1.165, 1.54) is 0 Å². The first-order chi connectivity index (χ1) is 8.36. The fraction of sp³-hybridized carbons (Fsp3) is 0.133. The van der Waals surface area contributed by atoms with Crippen LogP contribution in [0.1, 0.15) is 23.1 Å². The molecule has 1 N–H and O–H groups in total. The number of aliphatic hydroxyl groups excluding tert-OH is 1. The van der Waals surface area contributed by atoms with Crippen LogP contribution < -0.4 is 0 Å². The Morgan fingerprint density at radius 3 is 2.47 bits per heavy atom. The molecular weight excluding hydrogens is 210 g/mol. The number of hydrogen-bond donors (Lipinski definition) is 1. The maximum atomic E-state index is 10.4. The molecule has 0 bridgehead atoms. The summed E-state index contributed by atoms with van der Waals surface area (Å²) >= 11 is 0. The number of aliphatic imine (C=N–C) groups is 1. The summed E-state index contributed by atoms with van der Waals surface area (Å²) in [6.45, 7) is 0. The normalized spacial score (nSPS) is 19.0. The van der Waals surface area contributed by atoms with Gasteiger partial charge in [0.2, 0.25) is 0 Å². The van der Waals surface area contributed by atoms with Gasteiger partial charge in [-0.05, 0) is 17.2 Å². The molecule has 84 valence electrons. The minimum absolute atomic E-state index is 0.0337. The lowest BCUT2D eigenvalue weighted by Crippen LogP contribution is -2.09. The third-order valence-corrected chi connectivity index (χ3v) is 3.15. The van der Waals surface area contributed by atoms with Gasteiger partial charge >= 0.3 is 0 Å². The van der Waals surface area contributed by atoms with E-state index in [2.05, 4.69) is 4.99 Å². The summed E-state index contributed by atoms with van der Waals surface area (Å²) in [7, 11) is 0. The minimum atomic E-state index is -0.524. The summed E-state index contributed by atoms with van der Waals surface area (Å²) in [5.74, 6) is -0.0337. The Balaban J connectivity index is 1.95. The van der Waals surface area contributed by atoms with Crippen LogP contribution in [0.4, 0.5) is 5.69 Å². The van der Waals surface area contributed by atoms with Gasteiger partial charge in [0, 0.05) is 6.21 Å². The summed E-state index contributed by atoms with van der Waals surface area (Å²) in [5, 5.41) is 10.4. The Hall–Kier alpha value is -1.93. The molecule has 2 unspecified atom stereocenters. The number of rotatable bonds is 2. The molecule has 2 heteroatoms. The van der Waals surface area contributed by atoms with Gasteiger partial charge in [-0.25, -0.2) is 0 Å². The van der Waals surface area contributed by atoms with Crippen LogP contribution in [-0.4, -0.2) is 11.3 Å². The molecule has 0 radical (unpaired) electrons. The first kappa shape index (κ1) is 10.2. The standard InChI is InChI=1S/C15H13NO/c17-15(11-6-2-1-3-7-11)13-10-16-14-9-5-4-8-12(13)14/h1-10,13,15,17H. The van der Waals surface area contributed by atoms with E-state index in [0.29, 0.717) is 0 Å². The predicted octanol–water partition coefficient (Wildman–Crippen LogP) is 3.22. The smallest absolute Gasteiger partial charge is 0.0909 e. The molecule has 0 amide bonds. The quantitative estimate of drug-likeness (QED) is 0.833. The molecule has 17 heavy (non-hydrogen) atoms. The monoisotopic (exact) mass is 223 g/mol. The zero-order valence-corrected chi connectivity index (χ0v) is 9.32. The Morgan fingerprint density at radius 2 is 1.65 bits per heavy atom. The van der Waals surface area contributed by atoms with E-state index in [1.807, 2.05) is 60.8 Å². The highest BCUT2D eigenvalue weighted by molar-refractivity contribution is 5.81. The predicted molar refractivity (Wildman–Crippen MR) is 68.7 cm³/mol. The minimum Gasteiger partial charge on any atom is -0.387 e. The zero-order valence-electron chi connectivity index (χ0n) is 9.32. The molecule has 0 aromatic heterocycles. The molecule has 2 aromatic rings. The first-order valence-electron chi connectivity index (χ1n) is 5.72. The third kappa shape index (κ3) is 1.77. The molecule has 1 aliphatic heterocycles. The van der Waals surface area contributed by atoms with E-state index in [9.17, 15) is 5.11 Å². The Bertz CT molecular complexity index is 548. The van der Waals surface area contributed by atoms with Gasteiger partial charge in [0.25, 0.3) is 0 Å². The van der Waals surface area contributed by atoms with Crippen molar-refractivity contribution in [2.24, 2.45) is 4.99 Å². The van der Waals surface area contributed by atoms with Crippen LogP contribution in [-0.2, 0) is 0 Å². The molecule has 1 aliphatic rings. The highest BCUT2D eigenvalue weighted by Crippen LogP contribution is 2.39. The van der Waals surface area contributed by atoms with Crippen molar-refractivity contribution < 1.29 is 5.11 Å². The zero-order chi connectivity index (χ0) is 11.7. The highest BCUT2D eigenvalue weighted by Gasteiger charge is 2.26. The van der Waals surface area contributed by atoms with Crippen LogP contribution in [0.5, 0.6) is 0 Å². The van der Waals surface area contributed by atoms with Gasteiger partial charge in [-0.1, -0.05) is 48.5 Å². The number of hydrogen-bond acceptors (Lipinski definition) is 2. The SMILES string of the molecule is OC(c1ccccc1)C1C=Nc2ccccc21. The molecule has 2 atom stereocenters. The second kappa shape index (κ2) is 4.15. The summed E-state index contributed by atoms with van der Waals surface area (Å²) in [6, 6.07) is 17.7. The van der Waals surface area contributed by atoms with Crippen molar-refractivity contribution in [1.82, 2.24) is 0 Å². The maximum absolute atomic E-state index is 10.4. The molecule has 0 spiro atoms. The Kier molecular flexibility index (Phi) is 2.50. The van der Waals surface area contributed by atoms with Crippen molar-refractivity contribution in [3.05, 3.63) is 65.7 Å². The van der Waals surface area contributed by atoms with Crippen LogP contribution in [0, 0.1) is 0 Å². The van der Waals surface area contributed by atoms with Crippen LogP contribution in [0.3, 0.4) is 0 Å². The first-order valence-corrected chi connectivity index (χ1v) is 5.72. The van der Waals surface area contributed by atoms with Gasteiger partial charge in [-0.3, -0.25) is 4.99 Å². The summed E-state index contributed by atoms with van der Waals surface area (Å²) in [4.78, 5) is 4.34. The lowest BCUT2D eigenvalue weighted by molar-refractivity contribution is 0.170. The van der Waals surface area contributed by atoms with Crippen LogP contribution in [0.2, 0.25) is 0 Å². The summed E-state index contributed by atoms with van der Waals surface area (Å²) in [5.41, 5.74) is 3.00. The number of fused-ring (bicyclic) bond motifs is 1. The van der Waals surface area contributed by atoms with Gasteiger partial charge in [0.15, 0.2) is 0 Å². The molecular formula is C15H13NO. The molecule has 2 nitrogen and oxygen atoms in total. The molecule has 0 saturated carbocycles. The van der Waals surface area contributed by atoms with Gasteiger partial charge in [-0.15, -0.1) is 0 Å². The average Bonchev–Trinajstić information content (AvgIpc) is 2.83. The topological polar surface area (TPSA) is 32.6 Å². The summed E-state index contributed by atoms with van der Waals surface area (Å²) < 4.78 is 0. The van der Waals surface area contributed by atoms with Gasteiger partial charge in [0.1, 0.15) is 0 Å². The van der Waals surface area contributed by atoms with E-state index in [1.54, 1.807) is 0 Å². The number of nitrogens with zero attached hydrogens (tertiary/aromatic N) is 1. The number of aliphatic hydroxyl groups is 1. The van der Waals surface area contributed by atoms with Crippen molar-refractivity contribution in [1.29, 1.82) is 0 Å². The van der Waals surface area contributed by atoms with E-state index >= 15 is 0 Å². The van der Waals surface area contributed by atoms with Gasteiger partial charge in [0.05, 0.1) is 17.7 Å². The molecule has 1 heterocycles. The molecule has 0 aliphatic carbocycles. The average molecular weight is 223 g/mol. The lowest BCUT2D eigenvalue weighted by atomic mass is 9.91. The van der Waals surface area contributed by atoms with Crippen molar-refractivity contribution >= 4 is 11.9 Å². The second-order valence-corrected chi connectivity index (χ2v) is 4.22. The Morgan fingerprint density at radius 1 is 0.941 bits per heavy atom. The van der Waals surface area contributed by atoms with Crippen LogP contribution in [0.15, 0.2) is 59.6 Å². The van der Waals surface area contributed by atoms with Gasteiger partial charge in [-0.2, -0.15) is 0 Å². The van der Waals surface area contributed by atoms with Crippen molar-refractivity contribution in [2.75, 3.05) is 0 Å². The molecule has 0 saturated heterocycles. The van der Waals surface area contributed by atoms with E-state index in [0.717, 1.165) is 16.8 Å². The lowest BCUT2D eigenvalue weighted by Gasteiger charge is -2.17. The highest BCUT2D eigenvalue weighted by atomic mass is 16.3.